The van der Waals surface area contributed by atoms with Gasteiger partial charge in [0.2, 0.25) is 0 Å². The predicted molar refractivity (Wildman–Crippen MR) is 95.1 cm³/mol. The summed E-state index contributed by atoms with van der Waals surface area (Å²) in [5.41, 5.74) is 8.40. The largest absolute Gasteiger partial charge is 0.466 e. The maximum atomic E-state index is 12.6. The second kappa shape index (κ2) is 6.69. The minimum Gasteiger partial charge on any atom is -0.466 e. The number of thiazole rings is 1. The molecule has 1 aromatic carbocycles. The first kappa shape index (κ1) is 17.2. The number of amides is 1. The molecule has 1 aromatic heterocycles. The van der Waals surface area contributed by atoms with Crippen molar-refractivity contribution in [2.75, 3.05) is 37.9 Å². The average molecular weight is 362 g/mol. The molecule has 0 radical (unpaired) electrons. The van der Waals surface area contributed by atoms with Gasteiger partial charge >= 0.3 is 5.97 Å². The number of ether oxygens (including phenoxy) is 1. The van der Waals surface area contributed by atoms with Gasteiger partial charge in [-0.1, -0.05) is 11.3 Å². The van der Waals surface area contributed by atoms with Crippen molar-refractivity contribution in [2.24, 2.45) is 0 Å². The van der Waals surface area contributed by atoms with Crippen LogP contribution in [0.3, 0.4) is 0 Å². The summed E-state index contributed by atoms with van der Waals surface area (Å²) >= 11 is 1.38. The Bertz CT molecular complexity index is 890. The molecule has 2 aromatic rings. The highest BCUT2D eigenvalue weighted by molar-refractivity contribution is 7.22. The van der Waals surface area contributed by atoms with E-state index >= 15 is 0 Å². The van der Waals surface area contributed by atoms with Crippen LogP contribution in [0.5, 0.6) is 0 Å². The number of hydrogen-bond acceptors (Lipinski definition) is 8. The molecule has 4 N–H and O–H groups in total. The SMILES string of the molecule is COC(=O)C1=C(Nc2cc3nc(N)sc3cc2C)C(=O)N(CCO)C1. The van der Waals surface area contributed by atoms with Crippen molar-refractivity contribution >= 4 is 44.2 Å². The second-order valence-electron chi connectivity index (χ2n) is 5.61. The van der Waals surface area contributed by atoms with Gasteiger partial charge in [-0.05, 0) is 24.6 Å². The summed E-state index contributed by atoms with van der Waals surface area (Å²) in [7, 11) is 1.27. The van der Waals surface area contributed by atoms with Gasteiger partial charge in [0.25, 0.3) is 5.91 Å². The van der Waals surface area contributed by atoms with Crippen molar-refractivity contribution in [3.63, 3.8) is 0 Å². The lowest BCUT2D eigenvalue weighted by molar-refractivity contribution is -0.136. The number of aromatic nitrogens is 1. The van der Waals surface area contributed by atoms with E-state index in [0.29, 0.717) is 16.3 Å². The number of nitrogens with zero attached hydrogens (tertiary/aromatic N) is 2. The molecular weight excluding hydrogens is 344 g/mol. The van der Waals surface area contributed by atoms with Crippen LogP contribution in [-0.4, -0.2) is 53.7 Å². The summed E-state index contributed by atoms with van der Waals surface area (Å²) in [5, 5.41) is 12.6. The Hall–Kier alpha value is -2.65. The Kier molecular flexibility index (Phi) is 4.60. The second-order valence-corrected chi connectivity index (χ2v) is 6.67. The Balaban J connectivity index is 1.99. The number of aliphatic hydroxyl groups excluding tert-OH is 1. The number of β-amino-alcohol motifs (C(OH)–C–C–N with tert-alkyl or cyclic N) is 1. The van der Waals surface area contributed by atoms with Crippen molar-refractivity contribution in [2.45, 2.75) is 6.92 Å². The number of carbonyl (C=O) groups is 2. The zero-order chi connectivity index (χ0) is 18.1. The molecular formula is C16H18N4O4S. The quantitative estimate of drug-likeness (QED) is 0.675. The van der Waals surface area contributed by atoms with Gasteiger partial charge in [0.15, 0.2) is 5.13 Å². The molecule has 8 nitrogen and oxygen atoms in total. The summed E-state index contributed by atoms with van der Waals surface area (Å²) in [6.45, 7) is 1.95. The zero-order valence-electron chi connectivity index (χ0n) is 13.8. The van der Waals surface area contributed by atoms with Crippen molar-refractivity contribution in [1.29, 1.82) is 0 Å². The number of aliphatic hydroxyl groups is 1. The van der Waals surface area contributed by atoms with Gasteiger partial charge < -0.3 is 25.8 Å². The topological polar surface area (TPSA) is 118 Å². The van der Waals surface area contributed by atoms with Crippen LogP contribution < -0.4 is 11.1 Å². The van der Waals surface area contributed by atoms with E-state index in [2.05, 4.69) is 10.3 Å². The number of rotatable bonds is 5. The monoisotopic (exact) mass is 362 g/mol. The number of aryl methyl sites for hydroxylation is 1. The molecule has 0 fully saturated rings. The molecule has 0 saturated carbocycles. The molecule has 0 aliphatic carbocycles. The third-order valence-corrected chi connectivity index (χ3v) is 4.81. The maximum Gasteiger partial charge on any atom is 0.337 e. The summed E-state index contributed by atoms with van der Waals surface area (Å²) in [6, 6.07) is 3.72. The van der Waals surface area contributed by atoms with E-state index in [9.17, 15) is 9.59 Å². The Labute approximate surface area is 147 Å². The molecule has 1 amide bonds. The number of carbonyl (C=O) groups excluding carboxylic acids is 2. The highest BCUT2D eigenvalue weighted by Gasteiger charge is 2.34. The zero-order valence-corrected chi connectivity index (χ0v) is 14.6. The molecule has 1 aliphatic heterocycles. The van der Waals surface area contributed by atoms with Crippen molar-refractivity contribution < 1.29 is 19.4 Å². The standard InChI is InChI=1S/C16H18N4O4S/c1-8-5-12-11(19-16(17)25-12)6-10(8)18-13-9(15(23)24-2)7-20(3-4-21)14(13)22/h5-6,18,21H,3-4,7H2,1-2H3,(H2,17,19). The van der Waals surface area contributed by atoms with Gasteiger partial charge in [-0.25, -0.2) is 9.78 Å². The van der Waals surface area contributed by atoms with Crippen LogP contribution in [0.2, 0.25) is 0 Å². The van der Waals surface area contributed by atoms with Crippen molar-refractivity contribution in [3.05, 3.63) is 29.0 Å². The van der Waals surface area contributed by atoms with E-state index in [1.807, 2.05) is 13.0 Å². The third-order valence-electron chi connectivity index (χ3n) is 3.96. The average Bonchev–Trinajstić information content (AvgIpc) is 3.08. The number of methoxy groups -OCH3 is 1. The molecule has 0 saturated heterocycles. The number of nitrogen functional groups attached to an aromatic ring is 1. The van der Waals surface area contributed by atoms with Gasteiger partial charge in [0.1, 0.15) is 5.70 Å². The molecule has 132 valence electrons. The maximum absolute atomic E-state index is 12.6. The number of hydrogen-bond donors (Lipinski definition) is 3. The van der Waals surface area contributed by atoms with Crippen LogP contribution in [0.4, 0.5) is 10.8 Å². The highest BCUT2D eigenvalue weighted by atomic mass is 32.1. The number of fused-ring (bicyclic) bond motifs is 1. The van der Waals surface area contributed by atoms with Gasteiger partial charge in [0.05, 0.1) is 36.1 Å². The molecule has 1 aliphatic rings. The lowest BCUT2D eigenvalue weighted by Gasteiger charge is -2.15. The normalized spacial score (nSPS) is 14.5. The fourth-order valence-corrected chi connectivity index (χ4v) is 3.53. The van der Waals surface area contributed by atoms with E-state index in [1.165, 1.54) is 23.3 Å². The van der Waals surface area contributed by atoms with Crippen LogP contribution >= 0.6 is 11.3 Å². The fourth-order valence-electron chi connectivity index (χ4n) is 2.71. The first-order chi connectivity index (χ1) is 11.9. The van der Waals surface area contributed by atoms with Gasteiger partial charge in [-0.2, -0.15) is 0 Å². The predicted octanol–water partition coefficient (Wildman–Crippen LogP) is 0.860. The Morgan fingerprint density at radius 1 is 1.52 bits per heavy atom. The number of nitrogens with two attached hydrogens (primary N) is 1. The minimum absolute atomic E-state index is 0.0966. The third kappa shape index (κ3) is 3.15. The number of benzene rings is 1. The molecule has 0 atom stereocenters. The summed E-state index contributed by atoms with van der Waals surface area (Å²) in [6.07, 6.45) is 0. The Morgan fingerprint density at radius 3 is 2.96 bits per heavy atom. The summed E-state index contributed by atoms with van der Waals surface area (Å²) in [5.74, 6) is -0.931. The lowest BCUT2D eigenvalue weighted by atomic mass is 10.1. The molecule has 9 heteroatoms. The van der Waals surface area contributed by atoms with E-state index < -0.39 is 5.97 Å². The smallest absolute Gasteiger partial charge is 0.337 e. The van der Waals surface area contributed by atoms with Crippen LogP contribution in [0.15, 0.2) is 23.4 Å². The molecule has 0 bridgehead atoms. The molecule has 0 spiro atoms. The summed E-state index contributed by atoms with van der Waals surface area (Å²) < 4.78 is 5.72. The molecule has 3 rings (SSSR count). The first-order valence-corrected chi connectivity index (χ1v) is 8.41. The van der Waals surface area contributed by atoms with Crippen molar-refractivity contribution in [3.8, 4) is 0 Å². The van der Waals surface area contributed by atoms with Gasteiger partial charge in [-0.3, -0.25) is 4.79 Å². The molecule has 0 unspecified atom stereocenters. The van der Waals surface area contributed by atoms with E-state index in [4.69, 9.17) is 15.6 Å². The minimum atomic E-state index is -0.576. The lowest BCUT2D eigenvalue weighted by Crippen LogP contribution is -2.31. The van der Waals surface area contributed by atoms with Crippen molar-refractivity contribution in [1.82, 2.24) is 9.88 Å². The van der Waals surface area contributed by atoms with Crippen LogP contribution in [0.1, 0.15) is 5.56 Å². The number of esters is 1. The number of anilines is 2. The van der Waals surface area contributed by atoms with E-state index in [0.717, 1.165) is 10.3 Å². The molecule has 2 heterocycles. The van der Waals surface area contributed by atoms with Gasteiger partial charge in [0, 0.05) is 12.2 Å². The Morgan fingerprint density at radius 2 is 2.28 bits per heavy atom. The fraction of sp³-hybridized carbons (Fsp3) is 0.312. The van der Waals surface area contributed by atoms with Crippen LogP contribution in [0, 0.1) is 6.92 Å². The first-order valence-electron chi connectivity index (χ1n) is 7.60. The van der Waals surface area contributed by atoms with E-state index in [-0.39, 0.29) is 36.9 Å². The van der Waals surface area contributed by atoms with E-state index in [1.54, 1.807) is 6.07 Å². The van der Waals surface area contributed by atoms with Gasteiger partial charge in [-0.15, -0.1) is 0 Å². The van der Waals surface area contributed by atoms with Crippen LogP contribution in [0.25, 0.3) is 10.2 Å². The highest BCUT2D eigenvalue weighted by Crippen LogP contribution is 2.31. The van der Waals surface area contributed by atoms with Crippen LogP contribution in [-0.2, 0) is 14.3 Å². The summed E-state index contributed by atoms with van der Waals surface area (Å²) in [4.78, 5) is 30.2. The molecule has 25 heavy (non-hydrogen) atoms. The number of nitrogens with one attached hydrogen (secondary N) is 1.